The Morgan fingerprint density at radius 1 is 0.956 bits per heavy atom. The van der Waals surface area contributed by atoms with Crippen LogP contribution in [-0.2, 0) is 20.7 Å². The second kappa shape index (κ2) is 14.2. The molecule has 4 N–H and O–H groups in total. The molecule has 3 aromatic carbocycles. The van der Waals surface area contributed by atoms with Gasteiger partial charge in [0.2, 0.25) is 5.91 Å². The van der Waals surface area contributed by atoms with Crippen LogP contribution in [0, 0.1) is 0 Å². The smallest absolute Gasteiger partial charge is 0.407 e. The largest absolute Gasteiger partial charge is 0.453 e. The van der Waals surface area contributed by atoms with Crippen LogP contribution < -0.4 is 16.0 Å². The Morgan fingerprint density at radius 3 is 2.33 bits per heavy atom. The quantitative estimate of drug-likeness (QED) is 0.162. The molecule has 2 amide bonds. The van der Waals surface area contributed by atoms with Gasteiger partial charge in [0.15, 0.2) is 0 Å². The van der Waals surface area contributed by atoms with Gasteiger partial charge in [-0.05, 0) is 53.8 Å². The average Bonchev–Trinajstić information content (AvgIpc) is 3.53. The number of ether oxygens (including phenoxy) is 2. The zero-order valence-electron chi connectivity index (χ0n) is 25.1. The van der Waals surface area contributed by atoms with Crippen molar-refractivity contribution < 1.29 is 19.1 Å². The molecule has 1 aliphatic rings. The van der Waals surface area contributed by atoms with Crippen molar-refractivity contribution in [2.75, 3.05) is 25.6 Å². The zero-order chi connectivity index (χ0) is 31.0. The first-order valence-corrected chi connectivity index (χ1v) is 15.2. The van der Waals surface area contributed by atoms with Crippen LogP contribution in [0.15, 0.2) is 109 Å². The van der Waals surface area contributed by atoms with E-state index >= 15 is 0 Å². The summed E-state index contributed by atoms with van der Waals surface area (Å²) in [5, 5.41) is 10.6. The van der Waals surface area contributed by atoms with Gasteiger partial charge in [-0.15, -0.1) is 0 Å². The molecule has 45 heavy (non-hydrogen) atoms. The normalized spacial score (nSPS) is 17.1. The maximum atomic E-state index is 14.0. The van der Waals surface area contributed by atoms with E-state index in [2.05, 4.69) is 32.0 Å². The Kier molecular flexibility index (Phi) is 9.48. The van der Waals surface area contributed by atoms with Crippen molar-refractivity contribution >= 4 is 28.7 Å². The third kappa shape index (κ3) is 7.22. The molecule has 3 atom stereocenters. The van der Waals surface area contributed by atoms with Crippen molar-refractivity contribution in [3.8, 4) is 0 Å². The number of nitrogens with one attached hydrogen (secondary N) is 4. The lowest BCUT2D eigenvalue weighted by atomic mass is 9.84. The number of H-pyrrole nitrogens is 1. The number of aryl methyl sites for hydroxylation is 1. The minimum atomic E-state index is -0.932. The van der Waals surface area contributed by atoms with E-state index in [1.807, 2.05) is 97.1 Å². The number of para-hydroxylation sites is 1. The molecule has 5 aromatic rings. The molecule has 9 heteroatoms. The minimum absolute atomic E-state index is 0.0294. The van der Waals surface area contributed by atoms with Gasteiger partial charge in [-0.1, -0.05) is 78.9 Å². The summed E-state index contributed by atoms with van der Waals surface area (Å²) < 4.78 is 11.2. The molecule has 0 radical (unpaired) electrons. The van der Waals surface area contributed by atoms with Crippen molar-refractivity contribution in [2.24, 2.45) is 0 Å². The summed E-state index contributed by atoms with van der Waals surface area (Å²) in [7, 11) is 1.29. The molecule has 0 spiro atoms. The molecule has 1 fully saturated rings. The van der Waals surface area contributed by atoms with Crippen LogP contribution in [0.25, 0.3) is 11.0 Å². The highest BCUT2D eigenvalue weighted by Gasteiger charge is 2.33. The maximum Gasteiger partial charge on any atom is 0.407 e. The highest BCUT2D eigenvalue weighted by molar-refractivity contribution is 5.98. The summed E-state index contributed by atoms with van der Waals surface area (Å²) in [6.45, 7) is 1.26. The summed E-state index contributed by atoms with van der Waals surface area (Å²) in [4.78, 5) is 34.3. The number of hydrogen-bond acceptors (Lipinski definition) is 6. The molecule has 6 rings (SSSR count). The van der Waals surface area contributed by atoms with E-state index in [-0.39, 0.29) is 18.1 Å². The number of alkyl carbamates (subject to hydrolysis) is 1. The molecule has 1 aliphatic heterocycles. The number of carbonyl (C=O) groups excluding carboxylic acids is 2. The maximum absolute atomic E-state index is 14.0. The van der Waals surface area contributed by atoms with E-state index in [9.17, 15) is 9.59 Å². The van der Waals surface area contributed by atoms with Gasteiger partial charge in [0.25, 0.3) is 0 Å². The fourth-order valence-corrected chi connectivity index (χ4v) is 5.95. The van der Waals surface area contributed by atoms with Crippen LogP contribution in [0.3, 0.4) is 0 Å². The van der Waals surface area contributed by atoms with E-state index in [0.29, 0.717) is 25.3 Å². The number of benzene rings is 3. The Bertz CT molecular complexity index is 1650. The van der Waals surface area contributed by atoms with Gasteiger partial charge >= 0.3 is 6.09 Å². The van der Waals surface area contributed by atoms with Crippen LogP contribution >= 0.6 is 0 Å². The number of pyridine rings is 1. The van der Waals surface area contributed by atoms with Crippen molar-refractivity contribution in [2.45, 2.75) is 36.9 Å². The minimum Gasteiger partial charge on any atom is -0.453 e. The number of hydrogen-bond donors (Lipinski definition) is 4. The Hall–Kier alpha value is -4.99. The van der Waals surface area contributed by atoms with Gasteiger partial charge in [-0.2, -0.15) is 0 Å². The second-order valence-electron chi connectivity index (χ2n) is 11.2. The Morgan fingerprint density at radius 2 is 1.67 bits per heavy atom. The van der Waals surface area contributed by atoms with Crippen LogP contribution in [0.4, 0.5) is 10.5 Å². The number of carbonyl (C=O) groups is 2. The zero-order valence-corrected chi connectivity index (χ0v) is 25.1. The van der Waals surface area contributed by atoms with E-state index < -0.39 is 18.1 Å². The highest BCUT2D eigenvalue weighted by atomic mass is 16.5. The summed E-state index contributed by atoms with van der Waals surface area (Å²) >= 11 is 0. The van der Waals surface area contributed by atoms with Crippen molar-refractivity contribution in [1.82, 2.24) is 20.6 Å². The van der Waals surface area contributed by atoms with Gasteiger partial charge in [-0.25, -0.2) is 9.78 Å². The molecular weight excluding hydrogens is 566 g/mol. The number of methoxy groups -OCH3 is 1. The number of morpholine rings is 1. The molecule has 3 heterocycles. The van der Waals surface area contributed by atoms with Gasteiger partial charge in [0.05, 0.1) is 25.9 Å². The number of fused-ring (bicyclic) bond motifs is 1. The van der Waals surface area contributed by atoms with Crippen molar-refractivity contribution in [3.05, 3.63) is 132 Å². The lowest BCUT2D eigenvalue weighted by Crippen LogP contribution is -2.48. The number of anilines is 1. The summed E-state index contributed by atoms with van der Waals surface area (Å²) in [6.07, 6.45) is 2.62. The lowest BCUT2D eigenvalue weighted by Gasteiger charge is -2.30. The van der Waals surface area contributed by atoms with E-state index in [4.69, 9.17) is 9.47 Å². The van der Waals surface area contributed by atoms with Crippen molar-refractivity contribution in [3.63, 3.8) is 0 Å². The average molecular weight is 604 g/mol. The van der Waals surface area contributed by atoms with Gasteiger partial charge in [0, 0.05) is 35.4 Å². The van der Waals surface area contributed by atoms with Crippen LogP contribution in [-0.4, -0.2) is 54.4 Å². The highest BCUT2D eigenvalue weighted by Crippen LogP contribution is 2.30. The standard InChI is InChI=1S/C36H37N5O4/c1-44-36(43)41-33(32(25-12-4-2-5-13-25)26-14-6-3-7-15-26)35(42)40-29-17-9-8-11-24(29)18-19-28-22-38-31(23-45-28)30-21-27-16-10-20-37-34(27)39-30/h2-17,20-21,28,31-33,38H,18-19,22-23H2,1H3,(H,37,39)(H,40,42)(H,41,43)/t28-,31+,33?/m1/s1. The molecule has 2 aromatic heterocycles. The van der Waals surface area contributed by atoms with Crippen LogP contribution in [0.2, 0.25) is 0 Å². The van der Waals surface area contributed by atoms with Crippen molar-refractivity contribution in [1.29, 1.82) is 0 Å². The second-order valence-corrected chi connectivity index (χ2v) is 11.2. The third-order valence-electron chi connectivity index (χ3n) is 8.28. The summed E-state index contributed by atoms with van der Waals surface area (Å²) in [5.74, 6) is -0.779. The van der Waals surface area contributed by atoms with E-state index in [1.54, 1.807) is 6.20 Å². The Labute approximate surface area is 262 Å². The number of aromatic amines is 1. The first-order chi connectivity index (χ1) is 22.1. The molecule has 1 unspecified atom stereocenters. The SMILES string of the molecule is COC(=O)NC(C(=O)Nc1ccccc1CC[C@@H]1CN[C@H](c2cc3cccnc3[nH]2)CO1)C(c1ccccc1)c1ccccc1. The van der Waals surface area contributed by atoms with Gasteiger partial charge < -0.3 is 30.4 Å². The first kappa shape index (κ1) is 30.1. The third-order valence-corrected chi connectivity index (χ3v) is 8.28. The fraction of sp³-hybridized carbons (Fsp3) is 0.250. The number of rotatable bonds is 10. The number of aromatic nitrogens is 2. The molecular formula is C36H37N5O4. The Balaban J connectivity index is 1.14. The van der Waals surface area contributed by atoms with Gasteiger partial charge in [-0.3, -0.25) is 4.79 Å². The number of amides is 2. The number of nitrogens with zero attached hydrogens (tertiary/aromatic N) is 1. The monoisotopic (exact) mass is 603 g/mol. The van der Waals surface area contributed by atoms with Gasteiger partial charge in [0.1, 0.15) is 11.7 Å². The van der Waals surface area contributed by atoms with Crippen LogP contribution in [0.5, 0.6) is 0 Å². The lowest BCUT2D eigenvalue weighted by molar-refractivity contribution is -0.118. The van der Waals surface area contributed by atoms with E-state index in [0.717, 1.165) is 39.8 Å². The van der Waals surface area contributed by atoms with Crippen LogP contribution in [0.1, 0.15) is 40.8 Å². The molecule has 230 valence electrons. The molecule has 0 aliphatic carbocycles. The molecule has 0 saturated carbocycles. The summed E-state index contributed by atoms with van der Waals surface area (Å²) in [6, 6.07) is 32.4. The molecule has 1 saturated heterocycles. The topological polar surface area (TPSA) is 117 Å². The molecule has 0 bridgehead atoms. The predicted molar refractivity (Wildman–Crippen MR) is 174 cm³/mol. The first-order valence-electron chi connectivity index (χ1n) is 15.2. The summed E-state index contributed by atoms with van der Waals surface area (Å²) in [5.41, 5.74) is 5.43. The molecule has 9 nitrogen and oxygen atoms in total. The fourth-order valence-electron chi connectivity index (χ4n) is 5.95. The van der Waals surface area contributed by atoms with E-state index in [1.165, 1.54) is 7.11 Å². The predicted octanol–water partition coefficient (Wildman–Crippen LogP) is 5.72.